The zero-order valence-corrected chi connectivity index (χ0v) is 11.3. The number of nitrogens with one attached hydrogen (secondary N) is 1. The predicted octanol–water partition coefficient (Wildman–Crippen LogP) is 2.99. The van der Waals surface area contributed by atoms with Gasteiger partial charge in [0.05, 0.1) is 0 Å². The van der Waals surface area contributed by atoms with Gasteiger partial charge in [0.1, 0.15) is 24.3 Å². The minimum atomic E-state index is -0.668. The lowest BCUT2D eigenvalue weighted by Crippen LogP contribution is -2.26. The molecule has 0 saturated carbocycles. The number of aryl methyl sites for hydroxylation is 1. The molecule has 0 bridgehead atoms. The van der Waals surface area contributed by atoms with Gasteiger partial charge in [-0.3, -0.25) is 0 Å². The second-order valence-corrected chi connectivity index (χ2v) is 4.68. The average Bonchev–Trinajstić information content (AvgIpc) is 2.43. The molecule has 20 heavy (non-hydrogen) atoms. The third kappa shape index (κ3) is 4.55. The summed E-state index contributed by atoms with van der Waals surface area (Å²) in [7, 11) is 0. The Balaban J connectivity index is 1.78. The fourth-order valence-electron chi connectivity index (χ4n) is 1.84. The van der Waals surface area contributed by atoms with Crippen LogP contribution < -0.4 is 10.1 Å². The molecule has 0 aliphatic carbocycles. The monoisotopic (exact) mass is 275 g/mol. The molecule has 1 atom stereocenters. The van der Waals surface area contributed by atoms with E-state index in [-0.39, 0.29) is 12.4 Å². The smallest absolute Gasteiger partial charge is 0.125 e. The zero-order chi connectivity index (χ0) is 14.4. The Morgan fingerprint density at radius 1 is 1.20 bits per heavy atom. The van der Waals surface area contributed by atoms with E-state index in [4.69, 9.17) is 4.74 Å². The van der Waals surface area contributed by atoms with Crippen molar-refractivity contribution in [1.29, 1.82) is 0 Å². The quantitative estimate of drug-likeness (QED) is 0.851. The number of halogens is 1. The Hall–Kier alpha value is -2.07. The first-order valence-corrected chi connectivity index (χ1v) is 6.50. The van der Waals surface area contributed by atoms with Gasteiger partial charge in [-0.1, -0.05) is 18.2 Å². The van der Waals surface area contributed by atoms with Crippen molar-refractivity contribution in [3.8, 4) is 5.75 Å². The zero-order valence-electron chi connectivity index (χ0n) is 11.3. The molecule has 3 nitrogen and oxygen atoms in total. The van der Waals surface area contributed by atoms with Gasteiger partial charge in [0.2, 0.25) is 0 Å². The molecule has 0 spiro atoms. The van der Waals surface area contributed by atoms with Gasteiger partial charge in [-0.2, -0.15) is 0 Å². The van der Waals surface area contributed by atoms with Crippen molar-refractivity contribution in [2.24, 2.45) is 0 Å². The molecule has 106 valence electrons. The molecule has 4 heteroatoms. The van der Waals surface area contributed by atoms with Gasteiger partial charge in [-0.05, 0) is 42.8 Å². The van der Waals surface area contributed by atoms with Crippen LogP contribution in [0.4, 0.5) is 10.1 Å². The van der Waals surface area contributed by atoms with E-state index < -0.39 is 6.10 Å². The van der Waals surface area contributed by atoms with E-state index in [0.717, 1.165) is 5.56 Å². The summed E-state index contributed by atoms with van der Waals surface area (Å²) in [6.07, 6.45) is -0.668. The van der Waals surface area contributed by atoms with Crippen molar-refractivity contribution in [3.05, 3.63) is 59.9 Å². The van der Waals surface area contributed by atoms with Crippen LogP contribution in [-0.4, -0.2) is 24.4 Å². The van der Waals surface area contributed by atoms with E-state index >= 15 is 0 Å². The predicted molar refractivity (Wildman–Crippen MR) is 77.6 cm³/mol. The molecule has 0 aliphatic heterocycles. The van der Waals surface area contributed by atoms with Crippen LogP contribution in [0.3, 0.4) is 0 Å². The Kier molecular flexibility index (Phi) is 4.96. The van der Waals surface area contributed by atoms with Crippen molar-refractivity contribution in [2.45, 2.75) is 13.0 Å². The minimum Gasteiger partial charge on any atom is -0.491 e. The largest absolute Gasteiger partial charge is 0.491 e. The van der Waals surface area contributed by atoms with Crippen LogP contribution >= 0.6 is 0 Å². The van der Waals surface area contributed by atoms with Gasteiger partial charge in [-0.15, -0.1) is 0 Å². The van der Waals surface area contributed by atoms with E-state index in [1.165, 1.54) is 12.1 Å². The first-order chi connectivity index (χ1) is 9.63. The SMILES string of the molecule is Cc1cc(F)cc(NCC(O)COc2ccccc2)c1. The maximum absolute atomic E-state index is 13.2. The first-order valence-electron chi connectivity index (χ1n) is 6.50. The first kappa shape index (κ1) is 14.3. The van der Waals surface area contributed by atoms with Gasteiger partial charge in [-0.25, -0.2) is 4.39 Å². The molecule has 0 amide bonds. The van der Waals surface area contributed by atoms with E-state index in [0.29, 0.717) is 18.0 Å². The second kappa shape index (κ2) is 6.91. The number of benzene rings is 2. The summed E-state index contributed by atoms with van der Waals surface area (Å²) in [6, 6.07) is 14.0. The summed E-state index contributed by atoms with van der Waals surface area (Å²) in [6.45, 7) is 2.31. The van der Waals surface area contributed by atoms with E-state index in [2.05, 4.69) is 5.32 Å². The highest BCUT2D eigenvalue weighted by atomic mass is 19.1. The minimum absolute atomic E-state index is 0.186. The highest BCUT2D eigenvalue weighted by Gasteiger charge is 2.06. The number of para-hydroxylation sites is 1. The fourth-order valence-corrected chi connectivity index (χ4v) is 1.84. The Morgan fingerprint density at radius 3 is 2.65 bits per heavy atom. The van der Waals surface area contributed by atoms with Crippen molar-refractivity contribution in [2.75, 3.05) is 18.5 Å². The van der Waals surface area contributed by atoms with Gasteiger partial charge in [0.25, 0.3) is 0 Å². The highest BCUT2D eigenvalue weighted by molar-refractivity contribution is 5.46. The van der Waals surface area contributed by atoms with Crippen molar-refractivity contribution in [3.63, 3.8) is 0 Å². The molecule has 2 aromatic carbocycles. The molecule has 2 rings (SSSR count). The Labute approximate surface area is 118 Å². The number of hydrogen-bond donors (Lipinski definition) is 2. The molecule has 0 saturated heterocycles. The number of aliphatic hydroxyl groups is 1. The average molecular weight is 275 g/mol. The van der Waals surface area contributed by atoms with E-state index in [9.17, 15) is 9.50 Å². The third-order valence-electron chi connectivity index (χ3n) is 2.77. The number of aliphatic hydroxyl groups excluding tert-OH is 1. The third-order valence-corrected chi connectivity index (χ3v) is 2.77. The van der Waals surface area contributed by atoms with Crippen LogP contribution in [0.2, 0.25) is 0 Å². The summed E-state index contributed by atoms with van der Waals surface area (Å²) in [5, 5.41) is 12.8. The standard InChI is InChI=1S/C16H18FNO2/c1-12-7-13(17)9-14(8-12)18-10-15(19)11-20-16-5-3-2-4-6-16/h2-9,15,18-19H,10-11H2,1H3. The topological polar surface area (TPSA) is 41.5 Å². The lowest BCUT2D eigenvalue weighted by atomic mass is 10.2. The van der Waals surface area contributed by atoms with Crippen LogP contribution in [0.25, 0.3) is 0 Å². The molecule has 1 unspecified atom stereocenters. The lowest BCUT2D eigenvalue weighted by molar-refractivity contribution is 0.117. The summed E-state index contributed by atoms with van der Waals surface area (Å²) >= 11 is 0. The maximum atomic E-state index is 13.2. The lowest BCUT2D eigenvalue weighted by Gasteiger charge is -2.14. The molecule has 0 heterocycles. The second-order valence-electron chi connectivity index (χ2n) is 4.68. The van der Waals surface area contributed by atoms with Crippen LogP contribution in [-0.2, 0) is 0 Å². The normalized spacial score (nSPS) is 11.9. The fraction of sp³-hybridized carbons (Fsp3) is 0.250. The summed E-state index contributed by atoms with van der Waals surface area (Å²) in [4.78, 5) is 0. The molecule has 2 aromatic rings. The Bertz CT molecular complexity index is 525. The molecular weight excluding hydrogens is 257 g/mol. The number of hydrogen-bond acceptors (Lipinski definition) is 3. The molecule has 0 aromatic heterocycles. The van der Waals surface area contributed by atoms with Crippen LogP contribution in [0.5, 0.6) is 5.75 Å². The van der Waals surface area contributed by atoms with Crippen LogP contribution in [0, 0.1) is 12.7 Å². The van der Waals surface area contributed by atoms with Crippen LogP contribution in [0.15, 0.2) is 48.5 Å². The summed E-state index contributed by atoms with van der Waals surface area (Å²) < 4.78 is 18.6. The number of ether oxygens (including phenoxy) is 1. The highest BCUT2D eigenvalue weighted by Crippen LogP contribution is 2.13. The van der Waals surface area contributed by atoms with Gasteiger partial charge in [0, 0.05) is 12.2 Å². The summed E-state index contributed by atoms with van der Waals surface area (Å²) in [5.41, 5.74) is 1.49. The molecule has 0 radical (unpaired) electrons. The van der Waals surface area contributed by atoms with Crippen LogP contribution in [0.1, 0.15) is 5.56 Å². The van der Waals surface area contributed by atoms with Gasteiger partial charge < -0.3 is 15.2 Å². The molecular formula is C16H18FNO2. The van der Waals surface area contributed by atoms with Crippen molar-refractivity contribution < 1.29 is 14.2 Å². The van der Waals surface area contributed by atoms with Gasteiger partial charge in [0.15, 0.2) is 0 Å². The van der Waals surface area contributed by atoms with E-state index in [1.54, 1.807) is 0 Å². The van der Waals surface area contributed by atoms with Crippen molar-refractivity contribution >= 4 is 5.69 Å². The maximum Gasteiger partial charge on any atom is 0.125 e. The summed E-state index contributed by atoms with van der Waals surface area (Å²) in [5.74, 6) is 0.427. The molecule has 2 N–H and O–H groups in total. The molecule has 0 fully saturated rings. The number of rotatable bonds is 6. The van der Waals surface area contributed by atoms with Gasteiger partial charge >= 0.3 is 0 Å². The van der Waals surface area contributed by atoms with E-state index in [1.807, 2.05) is 43.3 Å². The Morgan fingerprint density at radius 2 is 1.95 bits per heavy atom. The number of anilines is 1. The van der Waals surface area contributed by atoms with Crippen molar-refractivity contribution in [1.82, 2.24) is 0 Å². The molecule has 0 aliphatic rings.